The first-order valence-corrected chi connectivity index (χ1v) is 11.4. The fraction of sp³-hybridized carbons (Fsp3) is 0.250. The fourth-order valence-electron chi connectivity index (χ4n) is 3.63. The lowest BCUT2D eigenvalue weighted by atomic mass is 10.2. The highest BCUT2D eigenvalue weighted by Gasteiger charge is 2.29. The molecule has 34 heavy (non-hydrogen) atoms. The first-order valence-electron chi connectivity index (χ1n) is 10.5. The summed E-state index contributed by atoms with van der Waals surface area (Å²) in [5.41, 5.74) is 1.55. The zero-order valence-electron chi connectivity index (χ0n) is 19.1. The number of para-hydroxylation sites is 1. The third-order valence-electron chi connectivity index (χ3n) is 5.21. The third-order valence-corrected chi connectivity index (χ3v) is 6.46. The molecule has 0 fully saturated rings. The molecule has 4 rings (SSSR count). The summed E-state index contributed by atoms with van der Waals surface area (Å²) in [5, 5.41) is -0.255. The highest BCUT2D eigenvalue weighted by molar-refractivity contribution is 8.01. The minimum atomic E-state index is -1.18. The van der Waals surface area contributed by atoms with Crippen LogP contribution >= 0.6 is 11.8 Å². The number of benzene rings is 2. The average molecular weight is 482 g/mol. The molecule has 0 amide bonds. The Bertz CT molecular complexity index is 1460. The van der Waals surface area contributed by atoms with E-state index in [1.54, 1.807) is 25.1 Å². The average Bonchev–Trinajstić information content (AvgIpc) is 3.21. The number of Topliss-reactive ketones (excluding diaryl/α,β-unsaturated/α-hetero) is 1. The number of nitrogens with one attached hydrogen (secondary N) is 1. The lowest BCUT2D eigenvalue weighted by molar-refractivity contribution is -0.144. The first-order chi connectivity index (χ1) is 16.4. The van der Waals surface area contributed by atoms with Gasteiger partial charge in [-0.15, -0.1) is 0 Å². The minimum Gasteiger partial charge on any atom is -0.493 e. The van der Waals surface area contributed by atoms with Gasteiger partial charge >= 0.3 is 5.97 Å². The maximum atomic E-state index is 13.7. The zero-order chi connectivity index (χ0) is 24.4. The van der Waals surface area contributed by atoms with E-state index in [1.807, 2.05) is 24.3 Å². The predicted octanol–water partition coefficient (Wildman–Crippen LogP) is 3.50. The van der Waals surface area contributed by atoms with E-state index in [0.29, 0.717) is 28.2 Å². The summed E-state index contributed by atoms with van der Waals surface area (Å²) < 4.78 is 17.1. The number of carbonyl (C=O) groups is 2. The van der Waals surface area contributed by atoms with Crippen molar-refractivity contribution in [1.29, 1.82) is 0 Å². The largest absolute Gasteiger partial charge is 0.493 e. The van der Waals surface area contributed by atoms with Gasteiger partial charge < -0.3 is 19.2 Å². The second-order valence-corrected chi connectivity index (χ2v) is 8.40. The number of hydrogen-bond donors (Lipinski definition) is 1. The summed E-state index contributed by atoms with van der Waals surface area (Å²) >= 11 is 0.873. The van der Waals surface area contributed by atoms with Crippen LogP contribution in [0.3, 0.4) is 0 Å². The Labute approximate surface area is 199 Å². The van der Waals surface area contributed by atoms with Gasteiger partial charge in [0.05, 0.1) is 26.5 Å². The van der Waals surface area contributed by atoms with Crippen LogP contribution in [0.2, 0.25) is 0 Å². The van der Waals surface area contributed by atoms with Gasteiger partial charge in [-0.2, -0.15) is 0 Å². The van der Waals surface area contributed by atoms with Crippen LogP contribution in [0.4, 0.5) is 0 Å². The molecule has 0 bridgehead atoms. The molecular weight excluding hydrogens is 458 g/mol. The highest BCUT2D eigenvalue weighted by Crippen LogP contribution is 2.33. The molecule has 1 atom stereocenters. The van der Waals surface area contributed by atoms with Gasteiger partial charge in [0, 0.05) is 17.0 Å². The van der Waals surface area contributed by atoms with Crippen molar-refractivity contribution in [3.63, 3.8) is 0 Å². The lowest BCUT2D eigenvalue weighted by Crippen LogP contribution is -2.29. The van der Waals surface area contributed by atoms with Crippen LogP contribution in [0.15, 0.2) is 52.4 Å². The van der Waals surface area contributed by atoms with Crippen molar-refractivity contribution >= 4 is 45.5 Å². The lowest BCUT2D eigenvalue weighted by Gasteiger charge is -2.17. The van der Waals surface area contributed by atoms with Crippen molar-refractivity contribution in [2.45, 2.75) is 24.3 Å². The van der Waals surface area contributed by atoms with E-state index in [-0.39, 0.29) is 17.3 Å². The SMILES string of the molecule is CCOC(=O)C(Sc1nc2c([nH]c3ccccc32)c(=O)n1-c1ccc(OC)c(OC)c1)C(C)=O. The van der Waals surface area contributed by atoms with Gasteiger partial charge in [0.2, 0.25) is 0 Å². The molecule has 2 aromatic heterocycles. The summed E-state index contributed by atoms with van der Waals surface area (Å²) in [7, 11) is 3.01. The molecule has 0 aliphatic heterocycles. The molecule has 0 aliphatic carbocycles. The summed E-state index contributed by atoms with van der Waals surface area (Å²) in [6.07, 6.45) is 0. The van der Waals surface area contributed by atoms with Crippen molar-refractivity contribution in [1.82, 2.24) is 14.5 Å². The predicted molar refractivity (Wildman–Crippen MR) is 129 cm³/mol. The number of nitrogens with zero attached hydrogens (tertiary/aromatic N) is 2. The number of carbonyl (C=O) groups excluding carboxylic acids is 2. The zero-order valence-corrected chi connectivity index (χ0v) is 19.9. The number of H-pyrrole nitrogens is 1. The molecule has 2 aromatic carbocycles. The normalized spacial score (nSPS) is 12.0. The Balaban J connectivity index is 2.00. The number of hydrogen-bond acceptors (Lipinski definition) is 8. The number of rotatable bonds is 8. The smallest absolute Gasteiger partial charge is 0.327 e. The maximum absolute atomic E-state index is 13.7. The van der Waals surface area contributed by atoms with Crippen LogP contribution in [0, 0.1) is 0 Å². The molecule has 9 nitrogen and oxygen atoms in total. The number of methoxy groups -OCH3 is 2. The molecular formula is C24H23N3O6S. The summed E-state index contributed by atoms with van der Waals surface area (Å²) in [6, 6.07) is 12.4. The summed E-state index contributed by atoms with van der Waals surface area (Å²) in [4.78, 5) is 46.4. The molecule has 1 N–H and O–H groups in total. The van der Waals surface area contributed by atoms with Crippen LogP contribution in [0.5, 0.6) is 11.5 Å². The van der Waals surface area contributed by atoms with E-state index in [0.717, 1.165) is 22.7 Å². The number of thioether (sulfide) groups is 1. The molecule has 4 aromatic rings. The van der Waals surface area contributed by atoms with Crippen molar-refractivity contribution in [3.05, 3.63) is 52.8 Å². The molecule has 0 saturated heterocycles. The number of esters is 1. The van der Waals surface area contributed by atoms with Gasteiger partial charge in [-0.25, -0.2) is 4.98 Å². The van der Waals surface area contributed by atoms with Gasteiger partial charge in [-0.05, 0) is 32.0 Å². The fourth-order valence-corrected chi connectivity index (χ4v) is 4.61. The maximum Gasteiger partial charge on any atom is 0.327 e. The van der Waals surface area contributed by atoms with E-state index >= 15 is 0 Å². The summed E-state index contributed by atoms with van der Waals surface area (Å²) in [6.45, 7) is 3.09. The quantitative estimate of drug-likeness (QED) is 0.176. The third kappa shape index (κ3) is 4.12. The molecule has 0 spiro atoms. The van der Waals surface area contributed by atoms with Crippen LogP contribution in [-0.4, -0.2) is 52.4 Å². The second kappa shape index (κ2) is 9.60. The second-order valence-electron chi connectivity index (χ2n) is 7.33. The Morgan fingerprint density at radius 3 is 2.53 bits per heavy atom. The van der Waals surface area contributed by atoms with Crippen LogP contribution in [-0.2, 0) is 14.3 Å². The number of ether oxygens (including phenoxy) is 3. The van der Waals surface area contributed by atoms with Crippen LogP contribution in [0.25, 0.3) is 27.6 Å². The van der Waals surface area contributed by atoms with Gasteiger partial charge in [0.1, 0.15) is 11.0 Å². The molecule has 0 radical (unpaired) electrons. The molecule has 2 heterocycles. The minimum absolute atomic E-state index is 0.126. The Morgan fingerprint density at radius 2 is 1.85 bits per heavy atom. The first kappa shape index (κ1) is 23.4. The van der Waals surface area contributed by atoms with Gasteiger partial charge in [0.15, 0.2) is 27.7 Å². The molecule has 0 saturated carbocycles. The number of aromatic nitrogens is 3. The van der Waals surface area contributed by atoms with Crippen molar-refractivity contribution < 1.29 is 23.8 Å². The molecule has 1 unspecified atom stereocenters. The Kier molecular flexibility index (Phi) is 6.60. The van der Waals surface area contributed by atoms with E-state index in [2.05, 4.69) is 4.98 Å². The number of aromatic amines is 1. The van der Waals surface area contributed by atoms with Crippen molar-refractivity contribution in [2.75, 3.05) is 20.8 Å². The Hall–Kier alpha value is -3.79. The van der Waals surface area contributed by atoms with Crippen molar-refractivity contribution in [3.8, 4) is 17.2 Å². The standard InChI is InChI=1S/C24H23N3O6S/c1-5-33-23(30)21(13(2)28)34-24-26-19-15-8-6-7-9-16(15)25-20(19)22(29)27(24)14-10-11-17(31-3)18(12-14)32-4/h6-12,21,25H,5H2,1-4H3. The topological polar surface area (TPSA) is 113 Å². The molecule has 0 aliphatic rings. The number of ketones is 1. The molecule has 10 heteroatoms. The van der Waals surface area contributed by atoms with Crippen LogP contribution in [0.1, 0.15) is 13.8 Å². The molecule has 176 valence electrons. The monoisotopic (exact) mass is 481 g/mol. The summed E-state index contributed by atoms with van der Waals surface area (Å²) in [5.74, 6) is -0.197. The van der Waals surface area contributed by atoms with Crippen LogP contribution < -0.4 is 15.0 Å². The van der Waals surface area contributed by atoms with E-state index in [9.17, 15) is 14.4 Å². The van der Waals surface area contributed by atoms with Gasteiger partial charge in [0.25, 0.3) is 5.56 Å². The van der Waals surface area contributed by atoms with Crippen molar-refractivity contribution in [2.24, 2.45) is 0 Å². The van der Waals surface area contributed by atoms with E-state index in [1.165, 1.54) is 25.7 Å². The number of fused-ring (bicyclic) bond motifs is 3. The van der Waals surface area contributed by atoms with Gasteiger partial charge in [-0.1, -0.05) is 30.0 Å². The van der Waals surface area contributed by atoms with Gasteiger partial charge in [-0.3, -0.25) is 19.0 Å². The Morgan fingerprint density at radius 1 is 1.12 bits per heavy atom. The highest BCUT2D eigenvalue weighted by atomic mass is 32.2. The van der Waals surface area contributed by atoms with E-state index in [4.69, 9.17) is 19.2 Å². The van der Waals surface area contributed by atoms with E-state index < -0.39 is 17.0 Å².